The lowest BCUT2D eigenvalue weighted by Gasteiger charge is -2.29. The van der Waals surface area contributed by atoms with Crippen molar-refractivity contribution in [1.29, 1.82) is 0 Å². The van der Waals surface area contributed by atoms with Gasteiger partial charge in [-0.25, -0.2) is 4.72 Å². The maximum Gasteiger partial charge on any atom is 0.307 e. The Bertz CT molecular complexity index is 477. The third-order valence-corrected chi connectivity index (χ3v) is 4.74. The van der Waals surface area contributed by atoms with Crippen molar-refractivity contribution in [2.24, 2.45) is 5.92 Å². The second-order valence-electron chi connectivity index (χ2n) is 5.41. The number of nitrogens with zero attached hydrogens (tertiary/aromatic N) is 1. The minimum Gasteiger partial charge on any atom is -0.481 e. The SMILES string of the molecule is CC(C)NC(=O)CCNS(=O)(=O)N1CCCC(C(=O)O)C1. The van der Waals surface area contributed by atoms with Gasteiger partial charge in [0.1, 0.15) is 0 Å². The second kappa shape index (κ2) is 7.71. The fraction of sp³-hybridized carbons (Fsp3) is 0.833. The third kappa shape index (κ3) is 5.98. The molecule has 1 saturated heterocycles. The molecule has 0 aromatic heterocycles. The number of amides is 1. The first-order valence-electron chi connectivity index (χ1n) is 6.99. The van der Waals surface area contributed by atoms with Crippen molar-refractivity contribution in [2.75, 3.05) is 19.6 Å². The summed E-state index contributed by atoms with van der Waals surface area (Å²) in [5.74, 6) is -1.87. The Labute approximate surface area is 125 Å². The third-order valence-electron chi connectivity index (χ3n) is 3.16. The number of piperidine rings is 1. The van der Waals surface area contributed by atoms with Crippen LogP contribution < -0.4 is 10.0 Å². The molecule has 0 aromatic carbocycles. The lowest BCUT2D eigenvalue weighted by atomic mass is 10.0. The molecule has 3 N–H and O–H groups in total. The van der Waals surface area contributed by atoms with Gasteiger partial charge in [0.25, 0.3) is 10.2 Å². The first-order valence-corrected chi connectivity index (χ1v) is 8.43. The standard InChI is InChI=1S/C12H23N3O5S/c1-9(2)14-11(16)5-6-13-21(19,20)15-7-3-4-10(8-15)12(17)18/h9-10,13H,3-8H2,1-2H3,(H,14,16)(H,17,18). The number of nitrogens with one attached hydrogen (secondary N) is 2. The van der Waals surface area contributed by atoms with Crippen molar-refractivity contribution < 1.29 is 23.1 Å². The predicted molar refractivity (Wildman–Crippen MR) is 76.8 cm³/mol. The summed E-state index contributed by atoms with van der Waals surface area (Å²) in [5, 5.41) is 11.6. The fourth-order valence-corrected chi connectivity index (χ4v) is 3.43. The highest BCUT2D eigenvalue weighted by molar-refractivity contribution is 7.87. The van der Waals surface area contributed by atoms with E-state index in [1.165, 1.54) is 0 Å². The summed E-state index contributed by atoms with van der Waals surface area (Å²) >= 11 is 0. The smallest absolute Gasteiger partial charge is 0.307 e. The molecule has 0 aromatic rings. The van der Waals surface area contributed by atoms with Crippen molar-refractivity contribution in [3.8, 4) is 0 Å². The molecule has 0 bridgehead atoms. The lowest BCUT2D eigenvalue weighted by molar-refractivity contribution is -0.142. The van der Waals surface area contributed by atoms with E-state index in [9.17, 15) is 18.0 Å². The molecule has 1 aliphatic heterocycles. The molecule has 1 atom stereocenters. The first kappa shape index (κ1) is 17.9. The van der Waals surface area contributed by atoms with E-state index in [2.05, 4.69) is 10.0 Å². The molecule has 1 amide bonds. The Kier molecular flexibility index (Phi) is 6.56. The molecular weight excluding hydrogens is 298 g/mol. The van der Waals surface area contributed by atoms with Crippen LogP contribution in [0.4, 0.5) is 0 Å². The minimum absolute atomic E-state index is 0.00484. The lowest BCUT2D eigenvalue weighted by Crippen LogP contribution is -2.48. The average Bonchev–Trinajstić information content (AvgIpc) is 2.37. The van der Waals surface area contributed by atoms with Crippen molar-refractivity contribution in [2.45, 2.75) is 39.2 Å². The zero-order valence-corrected chi connectivity index (χ0v) is 13.1. The summed E-state index contributed by atoms with van der Waals surface area (Å²) in [7, 11) is -3.73. The highest BCUT2D eigenvalue weighted by atomic mass is 32.2. The fourth-order valence-electron chi connectivity index (χ4n) is 2.14. The highest BCUT2D eigenvalue weighted by Crippen LogP contribution is 2.18. The molecule has 1 fully saturated rings. The summed E-state index contributed by atoms with van der Waals surface area (Å²) in [5.41, 5.74) is 0. The van der Waals surface area contributed by atoms with Gasteiger partial charge in [0.05, 0.1) is 5.92 Å². The number of carbonyl (C=O) groups excluding carboxylic acids is 1. The predicted octanol–water partition coefficient (Wildman–Crippen LogP) is -0.468. The van der Waals surface area contributed by atoms with E-state index in [1.807, 2.05) is 13.8 Å². The molecule has 122 valence electrons. The summed E-state index contributed by atoms with van der Waals surface area (Å²) in [6.07, 6.45) is 1.05. The van der Waals surface area contributed by atoms with Gasteiger partial charge in [-0.05, 0) is 26.7 Å². The quantitative estimate of drug-likeness (QED) is 0.586. The number of rotatable bonds is 7. The Hall–Kier alpha value is -1.19. The molecule has 0 spiro atoms. The molecule has 21 heavy (non-hydrogen) atoms. The molecule has 9 heteroatoms. The van der Waals surface area contributed by atoms with Crippen LogP contribution >= 0.6 is 0 Å². The van der Waals surface area contributed by atoms with Crippen molar-refractivity contribution in [3.63, 3.8) is 0 Å². The van der Waals surface area contributed by atoms with Gasteiger partial charge >= 0.3 is 5.97 Å². The Morgan fingerprint density at radius 3 is 2.62 bits per heavy atom. The van der Waals surface area contributed by atoms with Gasteiger partial charge in [-0.1, -0.05) is 0 Å². The van der Waals surface area contributed by atoms with Crippen LogP contribution in [0, 0.1) is 5.92 Å². The zero-order chi connectivity index (χ0) is 16.0. The number of aliphatic carboxylic acids is 1. The van der Waals surface area contributed by atoms with Crippen LogP contribution in [0.1, 0.15) is 33.1 Å². The van der Waals surface area contributed by atoms with Gasteiger partial charge in [-0.15, -0.1) is 0 Å². The summed E-state index contributed by atoms with van der Waals surface area (Å²) in [4.78, 5) is 22.4. The zero-order valence-electron chi connectivity index (χ0n) is 12.3. The molecule has 1 aliphatic rings. The van der Waals surface area contributed by atoms with Crippen LogP contribution in [0.5, 0.6) is 0 Å². The van der Waals surface area contributed by atoms with E-state index >= 15 is 0 Å². The Morgan fingerprint density at radius 1 is 1.38 bits per heavy atom. The molecule has 0 aliphatic carbocycles. The van der Waals surface area contributed by atoms with Gasteiger partial charge in [-0.3, -0.25) is 9.59 Å². The molecule has 1 unspecified atom stereocenters. The van der Waals surface area contributed by atoms with E-state index in [0.717, 1.165) is 4.31 Å². The highest BCUT2D eigenvalue weighted by Gasteiger charge is 2.31. The van der Waals surface area contributed by atoms with Crippen molar-refractivity contribution >= 4 is 22.1 Å². The van der Waals surface area contributed by atoms with Crippen LogP contribution in [0.15, 0.2) is 0 Å². The largest absolute Gasteiger partial charge is 0.481 e. The molecular formula is C12H23N3O5S. The Morgan fingerprint density at radius 2 is 2.05 bits per heavy atom. The van der Waals surface area contributed by atoms with Crippen LogP contribution in [-0.4, -0.2) is 55.4 Å². The minimum atomic E-state index is -3.73. The van der Waals surface area contributed by atoms with Crippen molar-refractivity contribution in [3.05, 3.63) is 0 Å². The van der Waals surface area contributed by atoms with E-state index < -0.39 is 22.1 Å². The van der Waals surface area contributed by atoms with Crippen LogP contribution in [-0.2, 0) is 19.8 Å². The maximum atomic E-state index is 12.0. The molecule has 0 radical (unpaired) electrons. The second-order valence-corrected chi connectivity index (χ2v) is 7.16. The number of carboxylic acids is 1. The molecule has 8 nitrogen and oxygen atoms in total. The maximum absolute atomic E-state index is 12.0. The normalized spacial score (nSPS) is 20.4. The number of carbonyl (C=O) groups is 2. The van der Waals surface area contributed by atoms with E-state index in [1.54, 1.807) is 0 Å². The van der Waals surface area contributed by atoms with Crippen LogP contribution in [0.25, 0.3) is 0 Å². The van der Waals surface area contributed by atoms with Gasteiger partial charge in [0, 0.05) is 32.1 Å². The number of hydrogen-bond donors (Lipinski definition) is 3. The van der Waals surface area contributed by atoms with Gasteiger partial charge in [0.15, 0.2) is 0 Å². The topological polar surface area (TPSA) is 116 Å². The molecule has 0 saturated carbocycles. The Balaban J connectivity index is 2.46. The van der Waals surface area contributed by atoms with Crippen LogP contribution in [0.3, 0.4) is 0 Å². The summed E-state index contributed by atoms with van der Waals surface area (Å²) in [6, 6.07) is 0.00697. The van der Waals surface area contributed by atoms with E-state index in [4.69, 9.17) is 5.11 Å². The monoisotopic (exact) mass is 321 g/mol. The van der Waals surface area contributed by atoms with Gasteiger partial charge in [-0.2, -0.15) is 12.7 Å². The average molecular weight is 321 g/mol. The molecule has 1 rings (SSSR count). The number of carboxylic acid groups (broad SMARTS) is 1. The van der Waals surface area contributed by atoms with Crippen molar-refractivity contribution in [1.82, 2.24) is 14.3 Å². The first-order chi connectivity index (χ1) is 9.72. The number of hydrogen-bond acceptors (Lipinski definition) is 4. The van der Waals surface area contributed by atoms with Gasteiger partial charge in [0.2, 0.25) is 5.91 Å². The van der Waals surface area contributed by atoms with Crippen LogP contribution in [0.2, 0.25) is 0 Å². The summed E-state index contributed by atoms with van der Waals surface area (Å²) < 4.78 is 27.6. The van der Waals surface area contributed by atoms with Gasteiger partial charge < -0.3 is 10.4 Å². The van der Waals surface area contributed by atoms with E-state index in [-0.39, 0.29) is 31.5 Å². The molecule has 1 heterocycles. The summed E-state index contributed by atoms with van der Waals surface area (Å²) in [6.45, 7) is 3.92. The van der Waals surface area contributed by atoms with E-state index in [0.29, 0.717) is 19.4 Å².